The second-order valence-electron chi connectivity index (χ2n) is 5.71. The fourth-order valence-corrected chi connectivity index (χ4v) is 2.54. The molecular weight excluding hydrogens is 348 g/mol. The minimum Gasteiger partial charge on any atom is -0.467 e. The fraction of sp³-hybridized carbons (Fsp3) is 0.100. The molecule has 0 saturated heterocycles. The minimum absolute atomic E-state index is 0.00440. The van der Waals surface area contributed by atoms with Gasteiger partial charge in [-0.25, -0.2) is 4.79 Å². The van der Waals surface area contributed by atoms with Crippen molar-refractivity contribution in [2.45, 2.75) is 13.2 Å². The van der Waals surface area contributed by atoms with E-state index < -0.39 is 5.97 Å². The highest BCUT2D eigenvalue weighted by Gasteiger charge is 2.15. The van der Waals surface area contributed by atoms with Gasteiger partial charge in [-0.1, -0.05) is 17.3 Å². The van der Waals surface area contributed by atoms with E-state index in [2.05, 4.69) is 10.5 Å². The molecule has 3 heterocycles. The van der Waals surface area contributed by atoms with Crippen LogP contribution in [-0.4, -0.2) is 11.1 Å². The maximum atomic E-state index is 12.5. The molecule has 0 aliphatic heterocycles. The number of rotatable bonds is 7. The van der Waals surface area contributed by atoms with Gasteiger partial charge in [-0.3, -0.25) is 0 Å². The zero-order chi connectivity index (χ0) is 18.5. The molecule has 4 aromatic rings. The number of nitrogens with one attached hydrogen (secondary N) is 1. The summed E-state index contributed by atoms with van der Waals surface area (Å²) in [5.74, 6) is 1.35. The number of nitrogens with zero attached hydrogens (tertiary/aromatic N) is 1. The first-order valence-electron chi connectivity index (χ1n) is 8.31. The lowest BCUT2D eigenvalue weighted by Crippen LogP contribution is -2.10. The Bertz CT molecular complexity index is 1000. The first-order valence-corrected chi connectivity index (χ1v) is 8.31. The summed E-state index contributed by atoms with van der Waals surface area (Å²) in [4.78, 5) is 12.5. The molecular formula is C20H16N2O5. The second kappa shape index (κ2) is 7.65. The van der Waals surface area contributed by atoms with Crippen LogP contribution in [0, 0.1) is 0 Å². The summed E-state index contributed by atoms with van der Waals surface area (Å²) in [6.07, 6.45) is 3.15. The van der Waals surface area contributed by atoms with Crippen LogP contribution in [0.15, 0.2) is 80.5 Å². The van der Waals surface area contributed by atoms with Crippen molar-refractivity contribution in [2.75, 3.05) is 5.32 Å². The standard InChI is InChI=1S/C20H16N2O5/c23-20(26-13-14-11-19(27-22-14)18-8-4-10-25-18)16-6-1-2-7-17(16)21-12-15-5-3-9-24-15/h1-11,21H,12-13H2. The van der Waals surface area contributed by atoms with E-state index in [-0.39, 0.29) is 6.61 Å². The molecule has 0 spiro atoms. The summed E-state index contributed by atoms with van der Waals surface area (Å²) in [5.41, 5.74) is 1.59. The maximum Gasteiger partial charge on any atom is 0.340 e. The van der Waals surface area contributed by atoms with Gasteiger partial charge in [0.15, 0.2) is 5.76 Å². The Labute approximate surface area is 154 Å². The minimum atomic E-state index is -0.458. The summed E-state index contributed by atoms with van der Waals surface area (Å²) < 4.78 is 21.1. The van der Waals surface area contributed by atoms with Crippen molar-refractivity contribution in [1.82, 2.24) is 5.16 Å². The molecule has 1 N–H and O–H groups in total. The van der Waals surface area contributed by atoms with Gasteiger partial charge in [-0.2, -0.15) is 0 Å². The Morgan fingerprint density at radius 2 is 1.85 bits per heavy atom. The molecule has 7 heteroatoms. The molecule has 1 aromatic carbocycles. The number of furan rings is 2. The maximum absolute atomic E-state index is 12.5. The van der Waals surface area contributed by atoms with Crippen molar-refractivity contribution >= 4 is 11.7 Å². The number of ether oxygens (including phenoxy) is 1. The van der Waals surface area contributed by atoms with Crippen LogP contribution in [0.1, 0.15) is 21.8 Å². The number of benzene rings is 1. The van der Waals surface area contributed by atoms with Crippen molar-refractivity contribution in [2.24, 2.45) is 0 Å². The van der Waals surface area contributed by atoms with Crippen molar-refractivity contribution in [3.8, 4) is 11.5 Å². The zero-order valence-electron chi connectivity index (χ0n) is 14.3. The quantitative estimate of drug-likeness (QED) is 0.483. The third kappa shape index (κ3) is 3.92. The van der Waals surface area contributed by atoms with Crippen LogP contribution in [0.4, 0.5) is 5.69 Å². The van der Waals surface area contributed by atoms with Gasteiger partial charge in [0.25, 0.3) is 0 Å². The molecule has 3 aromatic heterocycles. The number of anilines is 1. The summed E-state index contributed by atoms with van der Waals surface area (Å²) in [5, 5.41) is 7.07. The van der Waals surface area contributed by atoms with Crippen LogP contribution >= 0.6 is 0 Å². The highest BCUT2D eigenvalue weighted by atomic mass is 16.5. The SMILES string of the molecule is O=C(OCc1cc(-c2ccco2)on1)c1ccccc1NCc1ccco1. The molecule has 0 atom stereocenters. The number of esters is 1. The van der Waals surface area contributed by atoms with E-state index >= 15 is 0 Å². The van der Waals surface area contributed by atoms with Gasteiger partial charge in [-0.05, 0) is 36.4 Å². The highest BCUT2D eigenvalue weighted by Crippen LogP contribution is 2.22. The highest BCUT2D eigenvalue weighted by molar-refractivity contribution is 5.95. The van der Waals surface area contributed by atoms with E-state index in [4.69, 9.17) is 18.1 Å². The summed E-state index contributed by atoms with van der Waals surface area (Å²) in [6.45, 7) is 0.461. The van der Waals surface area contributed by atoms with Crippen molar-refractivity contribution in [3.05, 3.63) is 84.1 Å². The summed E-state index contributed by atoms with van der Waals surface area (Å²) in [6, 6.07) is 16.0. The number of aromatic nitrogens is 1. The fourth-order valence-electron chi connectivity index (χ4n) is 2.54. The molecule has 4 rings (SSSR count). The largest absolute Gasteiger partial charge is 0.467 e. The third-order valence-electron chi connectivity index (χ3n) is 3.85. The van der Waals surface area contributed by atoms with Crippen LogP contribution < -0.4 is 5.32 Å². The average Bonchev–Trinajstić information content (AvgIpc) is 3.47. The van der Waals surface area contributed by atoms with Crippen LogP contribution in [0.2, 0.25) is 0 Å². The molecule has 0 amide bonds. The summed E-state index contributed by atoms with van der Waals surface area (Å²) in [7, 11) is 0. The van der Waals surface area contributed by atoms with Crippen LogP contribution in [0.25, 0.3) is 11.5 Å². The molecule has 136 valence electrons. The monoisotopic (exact) mass is 364 g/mol. The number of carbonyl (C=O) groups is 1. The molecule has 0 unspecified atom stereocenters. The van der Waals surface area contributed by atoms with Crippen molar-refractivity contribution in [3.63, 3.8) is 0 Å². The lowest BCUT2D eigenvalue weighted by Gasteiger charge is -2.10. The first-order chi connectivity index (χ1) is 13.3. The van der Waals surface area contributed by atoms with Gasteiger partial charge in [0.1, 0.15) is 18.1 Å². The number of para-hydroxylation sites is 1. The van der Waals surface area contributed by atoms with Gasteiger partial charge < -0.3 is 23.4 Å². The zero-order valence-corrected chi connectivity index (χ0v) is 14.3. The lowest BCUT2D eigenvalue weighted by molar-refractivity contribution is 0.0465. The number of hydrogen-bond acceptors (Lipinski definition) is 7. The van der Waals surface area contributed by atoms with Gasteiger partial charge in [0.05, 0.1) is 24.6 Å². The molecule has 27 heavy (non-hydrogen) atoms. The Morgan fingerprint density at radius 1 is 1.00 bits per heavy atom. The lowest BCUT2D eigenvalue weighted by atomic mass is 10.2. The first kappa shape index (κ1) is 16.7. The average molecular weight is 364 g/mol. The molecule has 0 aliphatic rings. The van der Waals surface area contributed by atoms with Gasteiger partial charge in [0.2, 0.25) is 5.76 Å². The van der Waals surface area contributed by atoms with E-state index in [1.54, 1.807) is 42.9 Å². The second-order valence-corrected chi connectivity index (χ2v) is 5.71. The molecule has 0 fully saturated rings. The van der Waals surface area contributed by atoms with E-state index in [1.807, 2.05) is 24.3 Å². The van der Waals surface area contributed by atoms with Crippen molar-refractivity contribution < 1.29 is 22.9 Å². The Kier molecular flexibility index (Phi) is 4.74. The van der Waals surface area contributed by atoms with E-state index in [9.17, 15) is 4.79 Å². The van der Waals surface area contributed by atoms with E-state index in [1.165, 1.54) is 0 Å². The smallest absolute Gasteiger partial charge is 0.340 e. The Hall–Kier alpha value is -3.74. The van der Waals surface area contributed by atoms with Crippen LogP contribution in [0.5, 0.6) is 0 Å². The molecule has 0 aliphatic carbocycles. The molecule has 0 saturated carbocycles. The molecule has 0 bridgehead atoms. The van der Waals surface area contributed by atoms with Crippen LogP contribution in [-0.2, 0) is 17.9 Å². The Balaban J connectivity index is 1.39. The Morgan fingerprint density at radius 3 is 2.67 bits per heavy atom. The normalized spacial score (nSPS) is 10.7. The number of carbonyl (C=O) groups excluding carboxylic acids is 1. The third-order valence-corrected chi connectivity index (χ3v) is 3.85. The van der Waals surface area contributed by atoms with Gasteiger partial charge >= 0.3 is 5.97 Å². The predicted octanol–water partition coefficient (Wildman–Crippen LogP) is 4.50. The van der Waals surface area contributed by atoms with E-state index in [0.29, 0.717) is 35.0 Å². The molecule has 7 nitrogen and oxygen atoms in total. The van der Waals surface area contributed by atoms with Crippen molar-refractivity contribution in [1.29, 1.82) is 0 Å². The predicted molar refractivity (Wildman–Crippen MR) is 95.8 cm³/mol. The molecule has 0 radical (unpaired) electrons. The van der Waals surface area contributed by atoms with Gasteiger partial charge in [0, 0.05) is 11.8 Å². The topological polar surface area (TPSA) is 90.6 Å². The van der Waals surface area contributed by atoms with Crippen LogP contribution in [0.3, 0.4) is 0 Å². The van der Waals surface area contributed by atoms with Gasteiger partial charge in [-0.15, -0.1) is 0 Å². The number of hydrogen-bond donors (Lipinski definition) is 1. The van der Waals surface area contributed by atoms with E-state index in [0.717, 1.165) is 5.76 Å². The summed E-state index contributed by atoms with van der Waals surface area (Å²) >= 11 is 0.